The van der Waals surface area contributed by atoms with Gasteiger partial charge in [-0.3, -0.25) is 9.19 Å². The highest BCUT2D eigenvalue weighted by molar-refractivity contribution is 7.98. The van der Waals surface area contributed by atoms with Crippen LogP contribution < -0.4 is 0 Å². The molecule has 3 aromatic heterocycles. The van der Waals surface area contributed by atoms with Gasteiger partial charge < -0.3 is 4.57 Å². The second kappa shape index (κ2) is 6.99. The van der Waals surface area contributed by atoms with Crippen LogP contribution in [-0.4, -0.2) is 35.7 Å². The van der Waals surface area contributed by atoms with Crippen molar-refractivity contribution in [3.8, 4) is 11.5 Å². The first-order valence-corrected chi connectivity index (χ1v) is 10.1. The third-order valence-electron chi connectivity index (χ3n) is 3.82. The van der Waals surface area contributed by atoms with Gasteiger partial charge in [-0.25, -0.2) is 9.97 Å². The topological polar surface area (TPSA) is 60.7 Å². The molecule has 3 rings (SSSR count). The highest BCUT2D eigenvalue weighted by atomic mass is 32.2. The van der Waals surface area contributed by atoms with E-state index in [0.717, 1.165) is 17.2 Å². The molecular formula is C16H15F3N4OS2. The summed E-state index contributed by atoms with van der Waals surface area (Å²) in [5.41, 5.74) is 0.418. The minimum Gasteiger partial charge on any atom is -0.310 e. The summed E-state index contributed by atoms with van der Waals surface area (Å²) in [7, 11) is 0.0790. The van der Waals surface area contributed by atoms with Crippen LogP contribution >= 0.6 is 11.8 Å². The van der Waals surface area contributed by atoms with Crippen LogP contribution in [0.5, 0.6) is 0 Å². The smallest absolute Gasteiger partial charge is 0.310 e. The molecule has 1 atom stereocenters. The monoisotopic (exact) mass is 400 g/mol. The van der Waals surface area contributed by atoms with Crippen molar-refractivity contribution in [1.29, 1.82) is 0 Å². The summed E-state index contributed by atoms with van der Waals surface area (Å²) in [6.45, 7) is 1.64. The van der Waals surface area contributed by atoms with E-state index in [4.69, 9.17) is 0 Å². The number of rotatable bonds is 4. The molecule has 0 saturated heterocycles. The molecule has 0 radical (unpaired) electrons. The van der Waals surface area contributed by atoms with E-state index in [1.165, 1.54) is 11.8 Å². The molecule has 0 fully saturated rings. The van der Waals surface area contributed by atoms with E-state index < -0.39 is 22.5 Å². The fourth-order valence-corrected chi connectivity index (χ4v) is 3.79. The summed E-state index contributed by atoms with van der Waals surface area (Å²) in [6.07, 6.45) is -0.207. The SMILES string of the molecule is CCS(=O)c1cc(C(F)(F)F)cnc1-c1nc2cc(SC)cnc2n1C. The van der Waals surface area contributed by atoms with E-state index in [2.05, 4.69) is 15.0 Å². The molecule has 3 aromatic rings. The molecule has 0 amide bonds. The number of aryl methyl sites for hydroxylation is 1. The standard InChI is InChI=1S/C16H15F3N4OS2/c1-4-26(24)12-5-9(16(17,18)19)7-20-13(12)15-22-11-6-10(25-3)8-21-14(11)23(15)2/h5-8H,4H2,1-3H3. The Labute approximate surface area is 154 Å². The summed E-state index contributed by atoms with van der Waals surface area (Å²) < 4.78 is 53.1. The molecule has 3 heterocycles. The number of fused-ring (bicyclic) bond motifs is 1. The molecule has 0 saturated carbocycles. The lowest BCUT2D eigenvalue weighted by Gasteiger charge is -2.12. The Morgan fingerprint density at radius 2 is 1.96 bits per heavy atom. The Morgan fingerprint density at radius 1 is 1.23 bits per heavy atom. The van der Waals surface area contributed by atoms with E-state index in [0.29, 0.717) is 17.0 Å². The minimum atomic E-state index is -4.56. The van der Waals surface area contributed by atoms with Crippen molar-refractivity contribution in [2.75, 3.05) is 12.0 Å². The van der Waals surface area contributed by atoms with Gasteiger partial charge >= 0.3 is 6.18 Å². The largest absolute Gasteiger partial charge is 0.417 e. The van der Waals surface area contributed by atoms with Crippen molar-refractivity contribution in [2.45, 2.75) is 22.9 Å². The number of imidazole rings is 1. The van der Waals surface area contributed by atoms with E-state index in [9.17, 15) is 17.4 Å². The molecule has 0 aliphatic rings. The van der Waals surface area contributed by atoms with Gasteiger partial charge in [-0.15, -0.1) is 11.8 Å². The Hall–Kier alpha value is -1.94. The van der Waals surface area contributed by atoms with Gasteiger partial charge in [0.15, 0.2) is 11.5 Å². The maximum Gasteiger partial charge on any atom is 0.417 e. The number of thioether (sulfide) groups is 1. The van der Waals surface area contributed by atoms with E-state index >= 15 is 0 Å². The first kappa shape index (κ1) is 18.8. The van der Waals surface area contributed by atoms with Gasteiger partial charge in [0.25, 0.3) is 0 Å². The van der Waals surface area contributed by atoms with Crippen LogP contribution in [0.4, 0.5) is 13.2 Å². The minimum absolute atomic E-state index is 0.0193. The number of halogens is 3. The summed E-state index contributed by atoms with van der Waals surface area (Å²) in [6, 6.07) is 2.74. The van der Waals surface area contributed by atoms with Crippen LogP contribution in [0.3, 0.4) is 0 Å². The van der Waals surface area contributed by atoms with Gasteiger partial charge in [-0.2, -0.15) is 13.2 Å². The van der Waals surface area contributed by atoms with Gasteiger partial charge in [0.2, 0.25) is 0 Å². The number of alkyl halides is 3. The summed E-state index contributed by atoms with van der Waals surface area (Å²) in [5, 5.41) is 0. The Bertz CT molecular complexity index is 1000. The number of hydrogen-bond acceptors (Lipinski definition) is 5. The van der Waals surface area contributed by atoms with E-state index in [1.54, 1.807) is 24.7 Å². The molecule has 0 aromatic carbocycles. The molecule has 0 aliphatic carbocycles. The van der Waals surface area contributed by atoms with Crippen LogP contribution in [-0.2, 0) is 24.0 Å². The zero-order valence-corrected chi connectivity index (χ0v) is 15.8. The van der Waals surface area contributed by atoms with Crippen LogP contribution in [0.15, 0.2) is 34.3 Å². The fourth-order valence-electron chi connectivity index (χ4n) is 2.48. The van der Waals surface area contributed by atoms with E-state index in [1.807, 2.05) is 12.3 Å². The molecule has 0 N–H and O–H groups in total. The lowest BCUT2D eigenvalue weighted by molar-refractivity contribution is -0.138. The quantitative estimate of drug-likeness (QED) is 0.622. The third-order valence-corrected chi connectivity index (χ3v) is 5.84. The highest BCUT2D eigenvalue weighted by Crippen LogP contribution is 2.34. The summed E-state index contributed by atoms with van der Waals surface area (Å²) in [5.74, 6) is 0.505. The molecule has 0 spiro atoms. The Balaban J connectivity index is 2.24. The maximum atomic E-state index is 13.0. The summed E-state index contributed by atoms with van der Waals surface area (Å²) >= 11 is 1.51. The molecule has 26 heavy (non-hydrogen) atoms. The van der Waals surface area contributed by atoms with Gasteiger partial charge in [0.1, 0.15) is 11.2 Å². The van der Waals surface area contributed by atoms with Gasteiger partial charge in [0.05, 0.1) is 21.3 Å². The van der Waals surface area contributed by atoms with Crippen LogP contribution in [0.1, 0.15) is 12.5 Å². The highest BCUT2D eigenvalue weighted by Gasteiger charge is 2.33. The molecule has 0 bridgehead atoms. The van der Waals surface area contributed by atoms with Crippen molar-refractivity contribution in [1.82, 2.24) is 19.5 Å². The molecular weight excluding hydrogens is 385 g/mol. The molecule has 1 unspecified atom stereocenters. The Morgan fingerprint density at radius 3 is 2.58 bits per heavy atom. The summed E-state index contributed by atoms with van der Waals surface area (Å²) in [4.78, 5) is 13.7. The van der Waals surface area contributed by atoms with Crippen LogP contribution in [0.25, 0.3) is 22.7 Å². The lowest BCUT2D eigenvalue weighted by Crippen LogP contribution is -2.10. The second-order valence-electron chi connectivity index (χ2n) is 5.41. The van der Waals surface area contributed by atoms with Crippen LogP contribution in [0, 0.1) is 0 Å². The number of nitrogens with zero attached hydrogens (tertiary/aromatic N) is 4. The molecule has 138 valence electrons. The zero-order valence-electron chi connectivity index (χ0n) is 14.2. The van der Waals surface area contributed by atoms with Gasteiger partial charge in [0, 0.05) is 30.1 Å². The molecule has 10 heteroatoms. The maximum absolute atomic E-state index is 13.0. The first-order valence-electron chi connectivity index (χ1n) is 7.58. The van der Waals surface area contributed by atoms with Crippen molar-refractivity contribution in [3.63, 3.8) is 0 Å². The van der Waals surface area contributed by atoms with Gasteiger partial charge in [-0.05, 0) is 18.4 Å². The lowest BCUT2D eigenvalue weighted by atomic mass is 10.2. The van der Waals surface area contributed by atoms with Gasteiger partial charge in [-0.1, -0.05) is 6.92 Å². The van der Waals surface area contributed by atoms with Crippen molar-refractivity contribution >= 4 is 33.7 Å². The number of pyridine rings is 2. The fraction of sp³-hybridized carbons (Fsp3) is 0.312. The first-order chi connectivity index (χ1) is 12.3. The average Bonchev–Trinajstić information content (AvgIpc) is 2.95. The predicted octanol–water partition coefficient (Wildman–Crippen LogP) is 3.90. The Kier molecular flexibility index (Phi) is 5.07. The van der Waals surface area contributed by atoms with Crippen LogP contribution in [0.2, 0.25) is 0 Å². The molecule has 0 aliphatic heterocycles. The predicted molar refractivity (Wildman–Crippen MR) is 95.5 cm³/mol. The van der Waals surface area contributed by atoms with Crippen molar-refractivity contribution in [2.24, 2.45) is 7.05 Å². The van der Waals surface area contributed by atoms with Crippen molar-refractivity contribution in [3.05, 3.63) is 30.1 Å². The number of hydrogen-bond donors (Lipinski definition) is 0. The number of aromatic nitrogens is 4. The zero-order chi connectivity index (χ0) is 19.1. The normalized spacial score (nSPS) is 13.3. The molecule has 5 nitrogen and oxygen atoms in total. The van der Waals surface area contributed by atoms with E-state index in [-0.39, 0.29) is 16.3 Å². The third kappa shape index (κ3) is 3.35. The average molecular weight is 400 g/mol. The second-order valence-corrected chi connectivity index (χ2v) is 8.00. The van der Waals surface area contributed by atoms with Crippen molar-refractivity contribution < 1.29 is 17.4 Å².